The summed E-state index contributed by atoms with van der Waals surface area (Å²) in [6, 6.07) is 24.5. The van der Waals surface area contributed by atoms with Gasteiger partial charge in [-0.1, -0.05) is 91.0 Å². The summed E-state index contributed by atoms with van der Waals surface area (Å²) in [7, 11) is -4.63. The largest absolute Gasteiger partial charge is 0.482 e. The number of hydrogen-bond acceptors (Lipinski definition) is 7. The molecule has 0 aromatic heterocycles. The average molecular weight is 416 g/mol. The van der Waals surface area contributed by atoms with Gasteiger partial charge in [0, 0.05) is 16.7 Å². The number of aliphatic hydroxyl groups is 3. The number of phosphoric acid groups is 1. The lowest BCUT2D eigenvalue weighted by Crippen LogP contribution is -2.12. The number of rotatable bonds is 9. The highest BCUT2D eigenvalue weighted by Gasteiger charge is 2.37. The molecule has 0 aliphatic rings. The summed E-state index contributed by atoms with van der Waals surface area (Å²) < 4.78 is 28.7. The quantitative estimate of drug-likeness (QED) is 0.354. The van der Waals surface area contributed by atoms with Crippen LogP contribution in [0.25, 0.3) is 0 Å². The summed E-state index contributed by atoms with van der Waals surface area (Å²) in [5, 5.41) is 30.9. The Bertz CT molecular complexity index is 799. The molecular weight excluding hydrogens is 395 g/mol. The van der Waals surface area contributed by atoms with Crippen molar-refractivity contribution in [2.45, 2.75) is 18.9 Å². The molecule has 3 aromatic carbocycles. The maximum Gasteiger partial charge on any atom is 0.482 e. The van der Waals surface area contributed by atoms with E-state index >= 15 is 0 Å². The van der Waals surface area contributed by atoms with E-state index in [2.05, 4.69) is 0 Å². The van der Waals surface area contributed by atoms with Crippen molar-refractivity contribution in [2.75, 3.05) is 0 Å². The molecule has 0 heterocycles. The molecule has 3 atom stereocenters. The number of phosphoric ester groups is 1. The third-order valence-corrected chi connectivity index (χ3v) is 5.31. The molecule has 3 N–H and O–H groups in total. The first-order valence-electron chi connectivity index (χ1n) is 8.81. The lowest BCUT2D eigenvalue weighted by molar-refractivity contribution is -0.123. The Morgan fingerprint density at radius 1 is 0.517 bits per heavy atom. The van der Waals surface area contributed by atoms with Crippen LogP contribution in [0.15, 0.2) is 91.0 Å². The highest BCUT2D eigenvalue weighted by atomic mass is 31.2. The second-order valence-corrected chi connectivity index (χ2v) is 7.58. The third-order valence-electron chi connectivity index (χ3n) is 3.94. The van der Waals surface area contributed by atoms with Crippen LogP contribution in [0.5, 0.6) is 0 Å². The van der Waals surface area contributed by atoms with E-state index < -0.39 is 26.7 Å². The molecule has 0 amide bonds. The summed E-state index contributed by atoms with van der Waals surface area (Å²) in [6.07, 6.45) is -5.02. The lowest BCUT2D eigenvalue weighted by Gasteiger charge is -2.25. The molecule has 0 aliphatic heterocycles. The SMILES string of the molecule is O=P(OC(O)c1ccccc1)(OC(O)c1ccccc1)OC(O)c1ccccc1. The van der Waals surface area contributed by atoms with Crippen LogP contribution in [0.1, 0.15) is 35.6 Å². The van der Waals surface area contributed by atoms with Crippen molar-refractivity contribution in [2.24, 2.45) is 0 Å². The standard InChI is InChI=1S/C21H21O7P/c22-19(16-10-4-1-5-11-16)26-29(25,27-20(23)17-12-6-2-7-13-17)28-21(24)18-14-8-3-9-15-18/h1-15,19-24H. The molecule has 0 radical (unpaired) electrons. The van der Waals surface area contributed by atoms with Crippen LogP contribution in [0, 0.1) is 0 Å². The van der Waals surface area contributed by atoms with Gasteiger partial charge in [0.2, 0.25) is 0 Å². The van der Waals surface area contributed by atoms with Crippen molar-refractivity contribution in [3.63, 3.8) is 0 Å². The van der Waals surface area contributed by atoms with E-state index in [-0.39, 0.29) is 0 Å². The average Bonchev–Trinajstić information content (AvgIpc) is 2.75. The highest BCUT2D eigenvalue weighted by molar-refractivity contribution is 7.48. The van der Waals surface area contributed by atoms with Crippen LogP contribution in [0.2, 0.25) is 0 Å². The van der Waals surface area contributed by atoms with E-state index in [1.54, 1.807) is 91.0 Å². The molecular formula is C21H21O7P. The zero-order chi connectivity index (χ0) is 20.7. The van der Waals surface area contributed by atoms with Gasteiger partial charge < -0.3 is 15.3 Å². The molecule has 0 aliphatic carbocycles. The van der Waals surface area contributed by atoms with Gasteiger partial charge in [-0.15, -0.1) is 0 Å². The monoisotopic (exact) mass is 416 g/mol. The molecule has 8 heteroatoms. The fraction of sp³-hybridized carbons (Fsp3) is 0.143. The number of hydrogen-bond donors (Lipinski definition) is 3. The molecule has 152 valence electrons. The van der Waals surface area contributed by atoms with Crippen molar-refractivity contribution in [1.82, 2.24) is 0 Å². The highest BCUT2D eigenvalue weighted by Crippen LogP contribution is 2.57. The molecule has 7 nitrogen and oxygen atoms in total. The first-order valence-corrected chi connectivity index (χ1v) is 10.3. The van der Waals surface area contributed by atoms with Crippen molar-refractivity contribution < 1.29 is 33.5 Å². The predicted molar refractivity (Wildman–Crippen MR) is 105 cm³/mol. The van der Waals surface area contributed by atoms with Crippen LogP contribution >= 0.6 is 7.82 Å². The van der Waals surface area contributed by atoms with Gasteiger partial charge in [0.15, 0.2) is 18.9 Å². The molecule has 3 unspecified atom stereocenters. The van der Waals surface area contributed by atoms with Gasteiger partial charge in [0.05, 0.1) is 0 Å². The van der Waals surface area contributed by atoms with E-state index in [0.717, 1.165) is 0 Å². The second kappa shape index (κ2) is 9.91. The molecule has 0 spiro atoms. The molecule has 0 bridgehead atoms. The Morgan fingerprint density at radius 2 is 0.759 bits per heavy atom. The minimum Gasteiger partial charge on any atom is -0.364 e. The zero-order valence-electron chi connectivity index (χ0n) is 15.3. The first-order chi connectivity index (χ1) is 14.0. The van der Waals surface area contributed by atoms with Crippen LogP contribution < -0.4 is 0 Å². The molecule has 3 aromatic rings. The van der Waals surface area contributed by atoms with Crippen molar-refractivity contribution in [3.8, 4) is 0 Å². The van der Waals surface area contributed by atoms with E-state index in [4.69, 9.17) is 13.6 Å². The predicted octanol–water partition coefficient (Wildman–Crippen LogP) is 4.22. The van der Waals surface area contributed by atoms with E-state index in [0.29, 0.717) is 16.7 Å². The number of aliphatic hydroxyl groups excluding tert-OH is 3. The van der Waals surface area contributed by atoms with E-state index in [9.17, 15) is 19.9 Å². The molecule has 0 saturated heterocycles. The van der Waals surface area contributed by atoms with Crippen LogP contribution in [-0.4, -0.2) is 15.3 Å². The smallest absolute Gasteiger partial charge is 0.364 e. The van der Waals surface area contributed by atoms with Gasteiger partial charge in [-0.3, -0.25) is 13.6 Å². The topological polar surface area (TPSA) is 105 Å². The minimum atomic E-state index is -4.63. The van der Waals surface area contributed by atoms with Crippen molar-refractivity contribution in [3.05, 3.63) is 108 Å². The van der Waals surface area contributed by atoms with Crippen LogP contribution in [-0.2, 0) is 18.1 Å². The summed E-state index contributed by atoms with van der Waals surface area (Å²) in [6.45, 7) is 0. The third kappa shape index (κ3) is 6.06. The van der Waals surface area contributed by atoms with Gasteiger partial charge >= 0.3 is 7.82 Å². The second-order valence-electron chi connectivity index (χ2n) is 6.05. The summed E-state index contributed by atoms with van der Waals surface area (Å²) in [5.41, 5.74) is 0.884. The molecule has 0 saturated carbocycles. The Balaban J connectivity index is 1.82. The van der Waals surface area contributed by atoms with Gasteiger partial charge in [-0.2, -0.15) is 0 Å². The van der Waals surface area contributed by atoms with E-state index in [1.165, 1.54) is 0 Å². The Morgan fingerprint density at radius 3 is 1.00 bits per heavy atom. The summed E-state index contributed by atoms with van der Waals surface area (Å²) in [4.78, 5) is 0. The maximum atomic E-state index is 13.2. The van der Waals surface area contributed by atoms with Gasteiger partial charge in [0.1, 0.15) is 0 Å². The minimum absolute atomic E-state index is 0.295. The molecule has 3 rings (SSSR count). The number of benzene rings is 3. The summed E-state index contributed by atoms with van der Waals surface area (Å²) >= 11 is 0. The Hall–Kier alpha value is -2.35. The van der Waals surface area contributed by atoms with Crippen molar-refractivity contribution in [1.29, 1.82) is 0 Å². The molecule has 29 heavy (non-hydrogen) atoms. The van der Waals surface area contributed by atoms with Gasteiger partial charge in [-0.25, -0.2) is 4.57 Å². The normalized spacial score (nSPS) is 16.5. The van der Waals surface area contributed by atoms with E-state index in [1.807, 2.05) is 0 Å². The Kier molecular flexibility index (Phi) is 7.30. The zero-order valence-corrected chi connectivity index (χ0v) is 16.2. The fourth-order valence-electron chi connectivity index (χ4n) is 2.48. The van der Waals surface area contributed by atoms with Crippen LogP contribution in [0.3, 0.4) is 0 Å². The van der Waals surface area contributed by atoms with Crippen LogP contribution in [0.4, 0.5) is 0 Å². The maximum absolute atomic E-state index is 13.2. The van der Waals surface area contributed by atoms with Gasteiger partial charge in [0.25, 0.3) is 0 Å². The lowest BCUT2D eigenvalue weighted by atomic mass is 10.2. The summed E-state index contributed by atoms with van der Waals surface area (Å²) in [5.74, 6) is 0. The van der Waals surface area contributed by atoms with Gasteiger partial charge in [-0.05, 0) is 0 Å². The molecule has 0 fully saturated rings. The fourth-order valence-corrected chi connectivity index (χ4v) is 3.72. The Labute approximate surface area is 168 Å². The first kappa shape index (κ1) is 21.4. The van der Waals surface area contributed by atoms with Crippen molar-refractivity contribution >= 4 is 7.82 Å².